The second kappa shape index (κ2) is 7.58. The molecule has 2 aromatic rings. The molecule has 0 N–H and O–H groups in total. The predicted octanol–water partition coefficient (Wildman–Crippen LogP) is 4.94. The number of nitrogens with zero attached hydrogens (tertiary/aromatic N) is 1. The minimum Gasteiger partial charge on any atom is -0.497 e. The normalized spacial score (nSPS) is 11.3. The fraction of sp³-hybridized carbons (Fsp3) is 0.333. The Hall–Kier alpha value is -1.85. The predicted molar refractivity (Wildman–Crippen MR) is 95.7 cm³/mol. The Bertz CT molecular complexity index is 809. The highest BCUT2D eigenvalue weighted by Gasteiger charge is 2.32. The zero-order valence-electron chi connectivity index (χ0n) is 14.3. The molecule has 4 nitrogen and oxygen atoms in total. The first-order chi connectivity index (χ1) is 11.7. The molecule has 0 aliphatic heterocycles. The van der Waals surface area contributed by atoms with Gasteiger partial charge >= 0.3 is 5.97 Å². The van der Waals surface area contributed by atoms with Crippen LogP contribution in [0.2, 0.25) is 10.3 Å². The highest BCUT2D eigenvalue weighted by molar-refractivity contribution is 6.33. The fourth-order valence-corrected chi connectivity index (χ4v) is 3.05. The summed E-state index contributed by atoms with van der Waals surface area (Å²) in [7, 11) is 2.77. The molecular formula is C18H18Cl2FNO3. The highest BCUT2D eigenvalue weighted by atomic mass is 35.5. The van der Waals surface area contributed by atoms with Crippen molar-refractivity contribution in [2.24, 2.45) is 5.41 Å². The molecule has 0 saturated heterocycles. The van der Waals surface area contributed by atoms with Crippen LogP contribution in [0.25, 0.3) is 11.1 Å². The Morgan fingerprint density at radius 3 is 2.44 bits per heavy atom. The Balaban J connectivity index is 2.61. The molecule has 0 spiro atoms. The van der Waals surface area contributed by atoms with Crippen LogP contribution in [0.3, 0.4) is 0 Å². The van der Waals surface area contributed by atoms with E-state index in [4.69, 9.17) is 32.7 Å². The van der Waals surface area contributed by atoms with Crippen molar-refractivity contribution in [1.29, 1.82) is 0 Å². The average Bonchev–Trinajstić information content (AvgIpc) is 2.56. The molecule has 0 aliphatic rings. The van der Waals surface area contributed by atoms with Crippen molar-refractivity contribution in [1.82, 2.24) is 4.98 Å². The molecule has 0 unspecified atom stereocenters. The van der Waals surface area contributed by atoms with Crippen molar-refractivity contribution in [3.05, 3.63) is 46.0 Å². The molecule has 7 heteroatoms. The quantitative estimate of drug-likeness (QED) is 0.539. The lowest BCUT2D eigenvalue weighted by molar-refractivity contribution is -0.150. The number of hydrogen-bond acceptors (Lipinski definition) is 4. The smallest absolute Gasteiger partial charge is 0.311 e. The highest BCUT2D eigenvalue weighted by Crippen LogP contribution is 2.37. The molecular weight excluding hydrogens is 368 g/mol. The zero-order chi connectivity index (χ0) is 18.8. The van der Waals surface area contributed by atoms with Crippen LogP contribution >= 0.6 is 23.2 Å². The SMILES string of the molecule is COC(=O)C(C)(C)Cc1c(-c2ccc(OC)cc2F)cc(Cl)nc1Cl. The lowest BCUT2D eigenvalue weighted by Gasteiger charge is -2.23. The van der Waals surface area contributed by atoms with Gasteiger partial charge in [-0.2, -0.15) is 0 Å². The first-order valence-electron chi connectivity index (χ1n) is 7.47. The van der Waals surface area contributed by atoms with E-state index in [1.54, 1.807) is 26.0 Å². The van der Waals surface area contributed by atoms with Crippen molar-refractivity contribution >= 4 is 29.2 Å². The van der Waals surface area contributed by atoms with Crippen LogP contribution in [0.5, 0.6) is 5.75 Å². The number of pyridine rings is 1. The maximum absolute atomic E-state index is 14.5. The van der Waals surface area contributed by atoms with Crippen LogP contribution in [0.15, 0.2) is 24.3 Å². The van der Waals surface area contributed by atoms with Crippen LogP contribution in [-0.4, -0.2) is 25.2 Å². The molecule has 1 heterocycles. The maximum atomic E-state index is 14.5. The topological polar surface area (TPSA) is 48.4 Å². The summed E-state index contributed by atoms with van der Waals surface area (Å²) in [4.78, 5) is 16.0. The second-order valence-electron chi connectivity index (χ2n) is 6.16. The Labute approximate surface area is 155 Å². The summed E-state index contributed by atoms with van der Waals surface area (Å²) in [5.74, 6) is -0.501. The summed E-state index contributed by atoms with van der Waals surface area (Å²) in [6.45, 7) is 3.44. The molecule has 0 saturated carbocycles. The molecule has 1 aromatic heterocycles. The van der Waals surface area contributed by atoms with Crippen molar-refractivity contribution in [2.45, 2.75) is 20.3 Å². The van der Waals surface area contributed by atoms with Gasteiger partial charge in [0.1, 0.15) is 21.9 Å². The Morgan fingerprint density at radius 2 is 1.88 bits per heavy atom. The van der Waals surface area contributed by atoms with E-state index in [9.17, 15) is 9.18 Å². The summed E-state index contributed by atoms with van der Waals surface area (Å²) in [5, 5.41) is 0.254. The van der Waals surface area contributed by atoms with E-state index >= 15 is 0 Å². The minimum atomic E-state index is -0.869. The minimum absolute atomic E-state index is 0.120. The van der Waals surface area contributed by atoms with Gasteiger partial charge in [-0.15, -0.1) is 0 Å². The van der Waals surface area contributed by atoms with Gasteiger partial charge in [0.05, 0.1) is 19.6 Å². The van der Waals surface area contributed by atoms with Gasteiger partial charge in [0.2, 0.25) is 0 Å². The lowest BCUT2D eigenvalue weighted by Crippen LogP contribution is -2.28. The van der Waals surface area contributed by atoms with Gasteiger partial charge in [0.15, 0.2) is 0 Å². The summed E-state index contributed by atoms with van der Waals surface area (Å²) in [6, 6.07) is 6.01. The molecule has 2 rings (SSSR count). The Kier molecular flexibility index (Phi) is 5.91. The molecule has 0 atom stereocenters. The van der Waals surface area contributed by atoms with Gasteiger partial charge in [0.25, 0.3) is 0 Å². The Morgan fingerprint density at radius 1 is 1.20 bits per heavy atom. The van der Waals surface area contributed by atoms with E-state index in [1.807, 2.05) is 0 Å². The van der Waals surface area contributed by atoms with Crippen molar-refractivity contribution < 1.29 is 18.7 Å². The van der Waals surface area contributed by atoms with Crippen molar-refractivity contribution in [3.63, 3.8) is 0 Å². The lowest BCUT2D eigenvalue weighted by atomic mass is 9.83. The molecule has 0 amide bonds. The number of halogens is 3. The first kappa shape index (κ1) is 19.5. The maximum Gasteiger partial charge on any atom is 0.311 e. The largest absolute Gasteiger partial charge is 0.497 e. The molecule has 0 aliphatic carbocycles. The summed E-state index contributed by atoms with van der Waals surface area (Å²) in [5.41, 5.74) is 0.418. The van der Waals surface area contributed by atoms with E-state index in [2.05, 4.69) is 4.98 Å². The van der Waals surface area contributed by atoms with Gasteiger partial charge in [-0.05, 0) is 49.6 Å². The summed E-state index contributed by atoms with van der Waals surface area (Å²) in [6.07, 6.45) is 0.212. The van der Waals surface area contributed by atoms with Gasteiger partial charge in [0, 0.05) is 11.6 Å². The van der Waals surface area contributed by atoms with Crippen LogP contribution < -0.4 is 4.74 Å². The number of aromatic nitrogens is 1. The fourth-order valence-electron chi connectivity index (χ4n) is 2.55. The summed E-state index contributed by atoms with van der Waals surface area (Å²) < 4.78 is 24.4. The third-order valence-electron chi connectivity index (χ3n) is 3.87. The number of esters is 1. The van der Waals surface area contributed by atoms with Crippen LogP contribution in [0, 0.1) is 11.2 Å². The molecule has 0 fully saturated rings. The van der Waals surface area contributed by atoms with E-state index in [0.717, 1.165) is 0 Å². The average molecular weight is 386 g/mol. The van der Waals surface area contributed by atoms with Gasteiger partial charge < -0.3 is 9.47 Å². The van der Waals surface area contributed by atoms with E-state index in [1.165, 1.54) is 26.4 Å². The van der Waals surface area contributed by atoms with Crippen molar-refractivity contribution in [3.8, 4) is 16.9 Å². The third-order valence-corrected chi connectivity index (χ3v) is 4.37. The number of hydrogen-bond donors (Lipinski definition) is 0. The molecule has 134 valence electrons. The van der Waals surface area contributed by atoms with Gasteiger partial charge in [-0.1, -0.05) is 23.2 Å². The number of methoxy groups -OCH3 is 2. The van der Waals surface area contributed by atoms with Gasteiger partial charge in [-0.3, -0.25) is 4.79 Å². The van der Waals surface area contributed by atoms with E-state index in [-0.39, 0.29) is 16.7 Å². The molecule has 25 heavy (non-hydrogen) atoms. The number of carbonyl (C=O) groups is 1. The number of rotatable bonds is 5. The first-order valence-corrected chi connectivity index (χ1v) is 8.22. The number of carbonyl (C=O) groups excluding carboxylic acids is 1. The number of benzene rings is 1. The van der Waals surface area contributed by atoms with Crippen LogP contribution in [0.1, 0.15) is 19.4 Å². The molecule has 1 aromatic carbocycles. The van der Waals surface area contributed by atoms with Crippen molar-refractivity contribution in [2.75, 3.05) is 14.2 Å². The molecule has 0 bridgehead atoms. The van der Waals surface area contributed by atoms with E-state index < -0.39 is 17.2 Å². The third kappa shape index (κ3) is 4.22. The zero-order valence-corrected chi connectivity index (χ0v) is 15.8. The standard InChI is InChI=1S/C18H18Cl2FNO3/c1-18(2,17(23)25-4)9-13-12(8-15(19)22-16(13)20)11-6-5-10(24-3)7-14(11)21/h5-8H,9H2,1-4H3. The van der Waals surface area contributed by atoms with Crippen LogP contribution in [0.4, 0.5) is 4.39 Å². The second-order valence-corrected chi connectivity index (χ2v) is 6.91. The summed E-state index contributed by atoms with van der Waals surface area (Å²) >= 11 is 12.3. The van der Waals surface area contributed by atoms with Crippen LogP contribution in [-0.2, 0) is 16.0 Å². The van der Waals surface area contributed by atoms with Gasteiger partial charge in [-0.25, -0.2) is 9.37 Å². The van der Waals surface area contributed by atoms with E-state index in [0.29, 0.717) is 22.4 Å². The number of ether oxygens (including phenoxy) is 2. The molecule has 0 radical (unpaired) electrons. The monoisotopic (exact) mass is 385 g/mol.